The van der Waals surface area contributed by atoms with Crippen LogP contribution in [0, 0.1) is 0 Å². The van der Waals surface area contributed by atoms with Gasteiger partial charge in [-0.25, -0.2) is 4.39 Å². The van der Waals surface area contributed by atoms with Gasteiger partial charge in [0.15, 0.2) is 0 Å². The molecule has 0 amide bonds. The maximum atomic E-state index is 12.0. The summed E-state index contributed by atoms with van der Waals surface area (Å²) in [5, 5.41) is 4.08. The molecule has 2 heterocycles. The molecule has 0 aromatic carbocycles. The summed E-state index contributed by atoms with van der Waals surface area (Å²) >= 11 is 0. The van der Waals surface area contributed by atoms with Gasteiger partial charge in [-0.05, 0) is 19.3 Å². The molecule has 1 aliphatic heterocycles. The van der Waals surface area contributed by atoms with E-state index in [1.54, 1.807) is 10.9 Å². The van der Waals surface area contributed by atoms with Crippen molar-refractivity contribution in [1.29, 1.82) is 0 Å². The number of ether oxygens (including phenoxy) is 1. The summed E-state index contributed by atoms with van der Waals surface area (Å²) in [5.74, 6) is 0. The first-order valence-corrected chi connectivity index (χ1v) is 5.10. The second-order valence-electron chi connectivity index (χ2n) is 3.58. The largest absolute Gasteiger partial charge is 0.373 e. The lowest BCUT2D eigenvalue weighted by Crippen LogP contribution is -2.10. The van der Waals surface area contributed by atoms with Crippen LogP contribution in [0.4, 0.5) is 4.39 Å². The van der Waals surface area contributed by atoms with Crippen LogP contribution in [0.2, 0.25) is 0 Å². The zero-order chi connectivity index (χ0) is 9.80. The first kappa shape index (κ1) is 9.65. The van der Waals surface area contributed by atoms with Gasteiger partial charge in [-0.15, -0.1) is 0 Å². The fourth-order valence-corrected chi connectivity index (χ4v) is 1.76. The summed E-state index contributed by atoms with van der Waals surface area (Å²) < 4.78 is 19.3. The molecule has 2 rings (SSSR count). The van der Waals surface area contributed by atoms with Crippen LogP contribution in [0.15, 0.2) is 12.4 Å². The van der Waals surface area contributed by atoms with E-state index in [1.807, 2.05) is 6.20 Å². The molecule has 1 fully saturated rings. The first-order chi connectivity index (χ1) is 6.90. The molecular formula is C10H15FN2O. The maximum absolute atomic E-state index is 12.0. The van der Waals surface area contributed by atoms with Crippen LogP contribution in [-0.4, -0.2) is 23.1 Å². The number of hydrogen-bond acceptors (Lipinski definition) is 2. The average molecular weight is 198 g/mol. The van der Waals surface area contributed by atoms with Crippen molar-refractivity contribution in [2.75, 3.05) is 13.3 Å². The minimum Gasteiger partial charge on any atom is -0.373 e. The van der Waals surface area contributed by atoms with Crippen LogP contribution in [0.3, 0.4) is 0 Å². The van der Waals surface area contributed by atoms with E-state index in [-0.39, 0.29) is 12.8 Å². The lowest BCUT2D eigenvalue weighted by molar-refractivity contribution is 0.0149. The highest BCUT2D eigenvalue weighted by molar-refractivity contribution is 5.08. The fourth-order valence-electron chi connectivity index (χ4n) is 1.76. The highest BCUT2D eigenvalue weighted by Crippen LogP contribution is 2.27. The third-order valence-corrected chi connectivity index (χ3v) is 2.52. The number of nitrogens with zero attached hydrogens (tertiary/aromatic N) is 2. The molecule has 1 atom stereocenters. The Kier molecular flexibility index (Phi) is 3.14. The minimum atomic E-state index is -0.368. The molecule has 0 bridgehead atoms. The van der Waals surface area contributed by atoms with Gasteiger partial charge >= 0.3 is 0 Å². The molecule has 78 valence electrons. The van der Waals surface area contributed by atoms with Gasteiger partial charge < -0.3 is 4.74 Å². The van der Waals surface area contributed by atoms with E-state index in [0.29, 0.717) is 6.54 Å². The SMILES string of the molecule is FCCn1cc(C2CCCCO2)cn1. The molecule has 1 saturated heterocycles. The smallest absolute Gasteiger partial charge is 0.109 e. The van der Waals surface area contributed by atoms with Gasteiger partial charge in [0.1, 0.15) is 6.67 Å². The van der Waals surface area contributed by atoms with Crippen molar-refractivity contribution < 1.29 is 9.13 Å². The summed E-state index contributed by atoms with van der Waals surface area (Å²) in [4.78, 5) is 0. The van der Waals surface area contributed by atoms with Gasteiger partial charge in [-0.2, -0.15) is 5.10 Å². The number of aryl methyl sites for hydroxylation is 1. The van der Waals surface area contributed by atoms with Crippen molar-refractivity contribution in [3.63, 3.8) is 0 Å². The Morgan fingerprint density at radius 1 is 1.57 bits per heavy atom. The van der Waals surface area contributed by atoms with Crippen molar-refractivity contribution in [3.8, 4) is 0 Å². The Morgan fingerprint density at radius 2 is 2.50 bits per heavy atom. The molecule has 0 saturated carbocycles. The monoisotopic (exact) mass is 198 g/mol. The van der Waals surface area contributed by atoms with Gasteiger partial charge in [-0.1, -0.05) is 0 Å². The van der Waals surface area contributed by atoms with Crippen molar-refractivity contribution in [3.05, 3.63) is 18.0 Å². The van der Waals surface area contributed by atoms with E-state index in [0.717, 1.165) is 25.0 Å². The van der Waals surface area contributed by atoms with Gasteiger partial charge in [0.25, 0.3) is 0 Å². The summed E-state index contributed by atoms with van der Waals surface area (Å²) in [7, 11) is 0. The molecular weight excluding hydrogens is 183 g/mol. The topological polar surface area (TPSA) is 27.1 Å². The number of rotatable bonds is 3. The molecule has 1 aromatic rings. The van der Waals surface area contributed by atoms with Crippen LogP contribution in [0.25, 0.3) is 0 Å². The molecule has 1 unspecified atom stereocenters. The van der Waals surface area contributed by atoms with Crippen molar-refractivity contribution in [2.45, 2.75) is 31.9 Å². The second kappa shape index (κ2) is 4.55. The zero-order valence-electron chi connectivity index (χ0n) is 8.16. The highest BCUT2D eigenvalue weighted by Gasteiger charge is 2.17. The summed E-state index contributed by atoms with van der Waals surface area (Å²) in [5.41, 5.74) is 1.08. The van der Waals surface area contributed by atoms with E-state index in [9.17, 15) is 4.39 Å². The number of aromatic nitrogens is 2. The van der Waals surface area contributed by atoms with Gasteiger partial charge in [0, 0.05) is 18.4 Å². The highest BCUT2D eigenvalue weighted by atomic mass is 19.1. The summed E-state index contributed by atoms with van der Waals surface area (Å²) in [6.07, 6.45) is 7.26. The van der Waals surface area contributed by atoms with Crippen LogP contribution in [-0.2, 0) is 11.3 Å². The summed E-state index contributed by atoms with van der Waals surface area (Å²) in [6.45, 7) is 0.804. The van der Waals surface area contributed by atoms with Crippen LogP contribution >= 0.6 is 0 Å². The van der Waals surface area contributed by atoms with Gasteiger partial charge in [0.2, 0.25) is 0 Å². The minimum absolute atomic E-state index is 0.178. The third-order valence-electron chi connectivity index (χ3n) is 2.52. The Bertz CT molecular complexity index is 281. The van der Waals surface area contributed by atoms with E-state index in [2.05, 4.69) is 5.10 Å². The van der Waals surface area contributed by atoms with Crippen LogP contribution in [0.5, 0.6) is 0 Å². The molecule has 4 heteroatoms. The zero-order valence-corrected chi connectivity index (χ0v) is 8.16. The Hall–Kier alpha value is -0.900. The van der Waals surface area contributed by atoms with Crippen molar-refractivity contribution in [1.82, 2.24) is 9.78 Å². The predicted octanol–water partition coefficient (Wildman–Crippen LogP) is 2.09. The maximum Gasteiger partial charge on any atom is 0.109 e. The Labute approximate surface area is 82.9 Å². The van der Waals surface area contributed by atoms with Crippen LogP contribution in [0.1, 0.15) is 30.9 Å². The quantitative estimate of drug-likeness (QED) is 0.743. The lowest BCUT2D eigenvalue weighted by Gasteiger charge is -2.21. The standard InChI is InChI=1S/C10H15FN2O/c11-4-5-13-8-9(7-12-13)10-3-1-2-6-14-10/h7-8,10H,1-6H2. The van der Waals surface area contributed by atoms with Gasteiger partial charge in [0.05, 0.1) is 18.8 Å². The lowest BCUT2D eigenvalue weighted by atomic mass is 10.0. The first-order valence-electron chi connectivity index (χ1n) is 5.10. The Morgan fingerprint density at radius 3 is 3.21 bits per heavy atom. The van der Waals surface area contributed by atoms with Gasteiger partial charge in [-0.3, -0.25) is 4.68 Å². The molecule has 0 spiro atoms. The normalized spacial score (nSPS) is 22.5. The third kappa shape index (κ3) is 2.12. The van der Waals surface area contributed by atoms with E-state index >= 15 is 0 Å². The second-order valence-corrected chi connectivity index (χ2v) is 3.58. The molecule has 0 radical (unpaired) electrons. The molecule has 0 aliphatic carbocycles. The molecule has 1 aliphatic rings. The van der Waals surface area contributed by atoms with E-state index < -0.39 is 0 Å². The molecule has 1 aromatic heterocycles. The van der Waals surface area contributed by atoms with Crippen molar-refractivity contribution in [2.24, 2.45) is 0 Å². The molecule has 14 heavy (non-hydrogen) atoms. The molecule has 0 N–H and O–H groups in total. The van der Waals surface area contributed by atoms with E-state index in [1.165, 1.54) is 6.42 Å². The van der Waals surface area contributed by atoms with E-state index in [4.69, 9.17) is 4.74 Å². The summed E-state index contributed by atoms with van der Waals surface area (Å²) in [6, 6.07) is 0. The number of hydrogen-bond donors (Lipinski definition) is 0. The number of alkyl halides is 1. The van der Waals surface area contributed by atoms with Crippen molar-refractivity contribution >= 4 is 0 Å². The fraction of sp³-hybridized carbons (Fsp3) is 0.700. The Balaban J connectivity index is 2.00. The molecule has 3 nitrogen and oxygen atoms in total. The number of halogens is 1. The predicted molar refractivity (Wildman–Crippen MR) is 50.7 cm³/mol. The van der Waals surface area contributed by atoms with Crippen LogP contribution < -0.4 is 0 Å². The average Bonchev–Trinajstić information content (AvgIpc) is 2.68.